The highest BCUT2D eigenvalue weighted by Crippen LogP contribution is 2.28. The standard InChI is InChI=1S/C15H22F3N5.HI/c16-15(17,18)12-5-6-13(22-11-12)20-7-4-8-21-14(19)23-9-2-1-3-10-23;/h5-6,11H,1-4,7-10H2,(H2,19,21)(H,20,22);1H. The minimum Gasteiger partial charge on any atom is -0.370 e. The van der Waals surface area contributed by atoms with Gasteiger partial charge in [-0.15, -0.1) is 24.0 Å². The van der Waals surface area contributed by atoms with Gasteiger partial charge in [-0.25, -0.2) is 4.98 Å². The summed E-state index contributed by atoms with van der Waals surface area (Å²) >= 11 is 0. The number of nitrogens with two attached hydrogens (primary N) is 1. The van der Waals surface area contributed by atoms with E-state index in [-0.39, 0.29) is 24.0 Å². The summed E-state index contributed by atoms with van der Waals surface area (Å²) in [6, 6.07) is 2.34. The van der Waals surface area contributed by atoms with Crippen LogP contribution < -0.4 is 11.1 Å². The summed E-state index contributed by atoms with van der Waals surface area (Å²) in [6.07, 6.45) is 0.751. The Morgan fingerprint density at radius 2 is 1.96 bits per heavy atom. The van der Waals surface area contributed by atoms with Crippen LogP contribution in [0.1, 0.15) is 31.2 Å². The molecule has 1 aliphatic heterocycles. The maximum atomic E-state index is 12.4. The topological polar surface area (TPSA) is 66.5 Å². The molecular formula is C15H23F3IN5. The van der Waals surface area contributed by atoms with Crippen molar-refractivity contribution in [3.63, 3.8) is 0 Å². The van der Waals surface area contributed by atoms with E-state index >= 15 is 0 Å². The molecule has 1 aromatic rings. The molecule has 0 amide bonds. The normalized spacial score (nSPS) is 15.8. The molecule has 1 fully saturated rings. The first-order valence-electron chi connectivity index (χ1n) is 7.79. The van der Waals surface area contributed by atoms with Gasteiger partial charge < -0.3 is 16.0 Å². The molecule has 5 nitrogen and oxygen atoms in total. The van der Waals surface area contributed by atoms with Gasteiger partial charge in [0.15, 0.2) is 5.96 Å². The Bertz CT molecular complexity index is 513. The number of hydrogen-bond donors (Lipinski definition) is 2. The molecule has 0 atom stereocenters. The molecule has 2 rings (SSSR count). The lowest BCUT2D eigenvalue weighted by molar-refractivity contribution is -0.137. The number of aromatic nitrogens is 1. The van der Waals surface area contributed by atoms with Gasteiger partial charge in [0.05, 0.1) is 5.56 Å². The lowest BCUT2D eigenvalue weighted by atomic mass is 10.1. The van der Waals surface area contributed by atoms with Crippen molar-refractivity contribution in [1.29, 1.82) is 0 Å². The maximum Gasteiger partial charge on any atom is 0.417 e. The molecule has 1 aliphatic rings. The Hall–Kier alpha value is -1.26. The lowest BCUT2D eigenvalue weighted by Gasteiger charge is -2.27. The van der Waals surface area contributed by atoms with Crippen molar-refractivity contribution in [3.05, 3.63) is 23.9 Å². The van der Waals surface area contributed by atoms with Gasteiger partial charge in [0, 0.05) is 32.4 Å². The molecule has 0 aromatic carbocycles. The number of nitrogens with zero attached hydrogens (tertiary/aromatic N) is 3. The van der Waals surface area contributed by atoms with Gasteiger partial charge in [0.25, 0.3) is 0 Å². The van der Waals surface area contributed by atoms with Crippen molar-refractivity contribution < 1.29 is 13.2 Å². The number of anilines is 1. The van der Waals surface area contributed by atoms with Gasteiger partial charge in [-0.3, -0.25) is 4.99 Å². The number of alkyl halides is 3. The highest BCUT2D eigenvalue weighted by atomic mass is 127. The molecular weight excluding hydrogens is 434 g/mol. The van der Waals surface area contributed by atoms with Crippen LogP contribution in [0.4, 0.5) is 19.0 Å². The molecule has 3 N–H and O–H groups in total. The predicted octanol–water partition coefficient (Wildman–Crippen LogP) is 3.32. The number of likely N-dealkylation sites (tertiary alicyclic amines) is 1. The number of nitrogens with one attached hydrogen (secondary N) is 1. The molecule has 0 saturated carbocycles. The molecule has 0 unspecified atom stereocenters. The zero-order chi connectivity index (χ0) is 16.7. The van der Waals surface area contributed by atoms with Gasteiger partial charge in [0.2, 0.25) is 0 Å². The number of hydrogen-bond acceptors (Lipinski definition) is 3. The third kappa shape index (κ3) is 6.70. The van der Waals surface area contributed by atoms with E-state index in [9.17, 15) is 13.2 Å². The van der Waals surface area contributed by atoms with Crippen molar-refractivity contribution in [2.45, 2.75) is 31.9 Å². The predicted molar refractivity (Wildman–Crippen MR) is 99.7 cm³/mol. The highest BCUT2D eigenvalue weighted by Gasteiger charge is 2.30. The number of aliphatic imine (C=N–C) groups is 1. The average molecular weight is 457 g/mol. The molecule has 9 heteroatoms. The Morgan fingerprint density at radius 3 is 2.54 bits per heavy atom. The SMILES string of the molecule is I.NC(=NCCCNc1ccc(C(F)(F)F)cn1)N1CCCCC1. The van der Waals surface area contributed by atoms with Crippen LogP contribution in [0.15, 0.2) is 23.3 Å². The largest absolute Gasteiger partial charge is 0.417 e. The fourth-order valence-electron chi connectivity index (χ4n) is 2.38. The fraction of sp³-hybridized carbons (Fsp3) is 0.600. The number of halogens is 4. The van der Waals surface area contributed by atoms with Gasteiger partial charge in [-0.05, 0) is 37.8 Å². The van der Waals surface area contributed by atoms with Crippen LogP contribution in [0, 0.1) is 0 Å². The number of guanidine groups is 1. The Morgan fingerprint density at radius 1 is 1.25 bits per heavy atom. The highest BCUT2D eigenvalue weighted by molar-refractivity contribution is 14.0. The second-order valence-electron chi connectivity index (χ2n) is 5.50. The molecule has 0 radical (unpaired) electrons. The summed E-state index contributed by atoms with van der Waals surface area (Å²) in [7, 11) is 0. The summed E-state index contributed by atoms with van der Waals surface area (Å²) in [5.41, 5.74) is 5.19. The van der Waals surface area contributed by atoms with E-state index in [1.807, 2.05) is 0 Å². The molecule has 0 bridgehead atoms. The molecule has 1 saturated heterocycles. The van der Waals surface area contributed by atoms with Crippen LogP contribution in [0.25, 0.3) is 0 Å². The van der Waals surface area contributed by atoms with E-state index in [2.05, 4.69) is 20.2 Å². The summed E-state index contributed by atoms with van der Waals surface area (Å²) < 4.78 is 37.2. The van der Waals surface area contributed by atoms with Crippen LogP contribution in [0.2, 0.25) is 0 Å². The third-order valence-corrected chi connectivity index (χ3v) is 3.69. The maximum absolute atomic E-state index is 12.4. The first kappa shape index (κ1) is 20.8. The summed E-state index contributed by atoms with van der Waals surface area (Å²) in [5.74, 6) is 1.00. The number of rotatable bonds is 5. The Balaban J connectivity index is 0.00000288. The van der Waals surface area contributed by atoms with Crippen molar-refractivity contribution in [3.8, 4) is 0 Å². The van der Waals surface area contributed by atoms with Gasteiger partial charge in [-0.1, -0.05) is 0 Å². The Kier molecular flexibility index (Phi) is 8.57. The molecule has 136 valence electrons. The summed E-state index contributed by atoms with van der Waals surface area (Å²) in [4.78, 5) is 10.2. The summed E-state index contributed by atoms with van der Waals surface area (Å²) in [6.45, 7) is 3.08. The van der Waals surface area contributed by atoms with E-state index in [0.29, 0.717) is 24.9 Å². The van der Waals surface area contributed by atoms with E-state index in [4.69, 9.17) is 5.73 Å². The third-order valence-electron chi connectivity index (χ3n) is 3.69. The van der Waals surface area contributed by atoms with Crippen LogP contribution >= 0.6 is 24.0 Å². The fourth-order valence-corrected chi connectivity index (χ4v) is 2.38. The second kappa shape index (κ2) is 9.90. The van der Waals surface area contributed by atoms with E-state index in [0.717, 1.165) is 44.6 Å². The monoisotopic (exact) mass is 457 g/mol. The van der Waals surface area contributed by atoms with Crippen LogP contribution in [0.3, 0.4) is 0 Å². The Labute approximate surface area is 156 Å². The number of pyridine rings is 1. The van der Waals surface area contributed by atoms with Crippen molar-refractivity contribution >= 4 is 35.8 Å². The van der Waals surface area contributed by atoms with Gasteiger partial charge >= 0.3 is 6.18 Å². The zero-order valence-electron chi connectivity index (χ0n) is 13.4. The first-order chi connectivity index (χ1) is 11.0. The van der Waals surface area contributed by atoms with E-state index in [1.165, 1.54) is 12.5 Å². The van der Waals surface area contributed by atoms with Crippen LogP contribution in [-0.2, 0) is 6.18 Å². The van der Waals surface area contributed by atoms with Crippen molar-refractivity contribution in [2.75, 3.05) is 31.5 Å². The lowest BCUT2D eigenvalue weighted by Crippen LogP contribution is -2.40. The van der Waals surface area contributed by atoms with Crippen molar-refractivity contribution in [2.24, 2.45) is 10.7 Å². The molecule has 0 aliphatic carbocycles. The molecule has 1 aromatic heterocycles. The number of piperidine rings is 1. The quantitative estimate of drug-likeness (QED) is 0.308. The molecule has 24 heavy (non-hydrogen) atoms. The van der Waals surface area contributed by atoms with E-state index in [1.54, 1.807) is 0 Å². The van der Waals surface area contributed by atoms with Gasteiger partial charge in [-0.2, -0.15) is 13.2 Å². The molecule has 0 spiro atoms. The average Bonchev–Trinajstić information content (AvgIpc) is 2.55. The van der Waals surface area contributed by atoms with Gasteiger partial charge in [0.1, 0.15) is 5.82 Å². The van der Waals surface area contributed by atoms with Crippen molar-refractivity contribution in [1.82, 2.24) is 9.88 Å². The second-order valence-corrected chi connectivity index (χ2v) is 5.50. The summed E-state index contributed by atoms with van der Waals surface area (Å²) in [5, 5.41) is 2.97. The van der Waals surface area contributed by atoms with E-state index < -0.39 is 11.7 Å². The minimum atomic E-state index is -4.35. The zero-order valence-corrected chi connectivity index (χ0v) is 15.7. The smallest absolute Gasteiger partial charge is 0.370 e. The van der Waals surface area contributed by atoms with Crippen LogP contribution in [-0.4, -0.2) is 42.0 Å². The van der Waals surface area contributed by atoms with Crippen LogP contribution in [0.5, 0.6) is 0 Å². The molecule has 2 heterocycles. The minimum absolute atomic E-state index is 0. The first-order valence-corrected chi connectivity index (χ1v) is 7.79.